The fraction of sp³-hybridized carbons (Fsp3) is 0.533. The molecule has 0 heterocycles. The molecule has 104 valence electrons. The molecular formula is C15H20O4. The number of benzene rings is 1. The molecule has 0 aliphatic heterocycles. The predicted molar refractivity (Wildman–Crippen MR) is 71.8 cm³/mol. The summed E-state index contributed by atoms with van der Waals surface area (Å²) in [4.78, 5) is 10.9. The van der Waals surface area contributed by atoms with Crippen LogP contribution in [0.1, 0.15) is 31.7 Å². The first-order chi connectivity index (χ1) is 9.10. The molecule has 1 aromatic rings. The molecule has 1 atom stereocenters. The fourth-order valence-corrected chi connectivity index (χ4v) is 2.05. The van der Waals surface area contributed by atoms with Crippen LogP contribution in [0.3, 0.4) is 0 Å². The average Bonchev–Trinajstić information content (AvgIpc) is 2.34. The maximum Gasteiger partial charge on any atom is 0.306 e. The van der Waals surface area contributed by atoms with Crippen LogP contribution in [0.15, 0.2) is 18.2 Å². The average molecular weight is 264 g/mol. The molecule has 0 radical (unpaired) electrons. The van der Waals surface area contributed by atoms with Gasteiger partial charge in [-0.25, -0.2) is 0 Å². The molecular weight excluding hydrogens is 244 g/mol. The van der Waals surface area contributed by atoms with Gasteiger partial charge in [-0.15, -0.1) is 0 Å². The minimum atomic E-state index is -0.780. The molecule has 1 saturated carbocycles. The number of hydrogen-bond donors (Lipinski definition) is 1. The van der Waals surface area contributed by atoms with Crippen molar-refractivity contribution in [2.45, 2.75) is 38.7 Å². The zero-order chi connectivity index (χ0) is 13.8. The SMILES string of the molecule is COc1ccc(CC(C)C(=O)O)cc1OC1CCC1. The van der Waals surface area contributed by atoms with Crippen LogP contribution in [0.25, 0.3) is 0 Å². The molecule has 0 aromatic heterocycles. The Labute approximate surface area is 113 Å². The van der Waals surface area contributed by atoms with Crippen molar-refractivity contribution < 1.29 is 19.4 Å². The third kappa shape index (κ3) is 3.40. The number of hydrogen-bond acceptors (Lipinski definition) is 3. The van der Waals surface area contributed by atoms with Crippen LogP contribution in [0.5, 0.6) is 11.5 Å². The second-order valence-electron chi connectivity index (χ2n) is 5.10. The number of ether oxygens (including phenoxy) is 2. The van der Waals surface area contributed by atoms with Crippen molar-refractivity contribution in [1.82, 2.24) is 0 Å². The number of rotatable bonds is 6. The molecule has 2 rings (SSSR count). The van der Waals surface area contributed by atoms with E-state index in [1.54, 1.807) is 14.0 Å². The molecule has 1 aliphatic carbocycles. The van der Waals surface area contributed by atoms with Crippen LogP contribution in [0.4, 0.5) is 0 Å². The molecule has 1 aliphatic rings. The summed E-state index contributed by atoms with van der Waals surface area (Å²) in [6.07, 6.45) is 4.15. The standard InChI is InChI=1S/C15H20O4/c1-10(15(16)17)8-11-6-7-13(18-2)14(9-11)19-12-4-3-5-12/h6-7,9-10,12H,3-5,8H2,1-2H3,(H,16,17). The summed E-state index contributed by atoms with van der Waals surface area (Å²) in [5, 5.41) is 8.95. The zero-order valence-electron chi connectivity index (χ0n) is 11.4. The molecule has 1 fully saturated rings. The van der Waals surface area contributed by atoms with Gasteiger partial charge in [-0.2, -0.15) is 0 Å². The van der Waals surface area contributed by atoms with E-state index >= 15 is 0 Å². The van der Waals surface area contributed by atoms with E-state index in [1.165, 1.54) is 6.42 Å². The Balaban J connectivity index is 2.12. The Morgan fingerprint density at radius 1 is 1.42 bits per heavy atom. The lowest BCUT2D eigenvalue weighted by molar-refractivity contribution is -0.141. The molecule has 4 nitrogen and oxygen atoms in total. The van der Waals surface area contributed by atoms with E-state index in [-0.39, 0.29) is 6.10 Å². The minimum absolute atomic E-state index is 0.279. The van der Waals surface area contributed by atoms with E-state index in [0.717, 1.165) is 24.2 Å². The lowest BCUT2D eigenvalue weighted by Crippen LogP contribution is -2.24. The van der Waals surface area contributed by atoms with E-state index in [4.69, 9.17) is 14.6 Å². The van der Waals surface area contributed by atoms with E-state index < -0.39 is 11.9 Å². The van der Waals surface area contributed by atoms with Crippen LogP contribution in [-0.2, 0) is 11.2 Å². The zero-order valence-corrected chi connectivity index (χ0v) is 11.4. The normalized spacial score (nSPS) is 16.5. The van der Waals surface area contributed by atoms with Crippen molar-refractivity contribution >= 4 is 5.97 Å². The third-order valence-electron chi connectivity index (χ3n) is 3.54. The van der Waals surface area contributed by atoms with Crippen molar-refractivity contribution in [3.8, 4) is 11.5 Å². The molecule has 1 unspecified atom stereocenters. The van der Waals surface area contributed by atoms with Crippen molar-refractivity contribution in [2.24, 2.45) is 5.92 Å². The summed E-state index contributed by atoms with van der Waals surface area (Å²) in [5.41, 5.74) is 0.963. The Hall–Kier alpha value is -1.71. The van der Waals surface area contributed by atoms with Gasteiger partial charge in [0.25, 0.3) is 0 Å². The summed E-state index contributed by atoms with van der Waals surface area (Å²) in [5.74, 6) is 0.253. The molecule has 1 N–H and O–H groups in total. The predicted octanol–water partition coefficient (Wildman–Crippen LogP) is 2.89. The Morgan fingerprint density at radius 2 is 2.16 bits per heavy atom. The molecule has 1 aromatic carbocycles. The highest BCUT2D eigenvalue weighted by Gasteiger charge is 2.21. The van der Waals surface area contributed by atoms with Crippen LogP contribution in [0.2, 0.25) is 0 Å². The monoisotopic (exact) mass is 264 g/mol. The van der Waals surface area contributed by atoms with E-state index in [1.807, 2.05) is 18.2 Å². The van der Waals surface area contributed by atoms with Gasteiger partial charge in [-0.3, -0.25) is 4.79 Å². The molecule has 0 bridgehead atoms. The van der Waals surface area contributed by atoms with Crippen molar-refractivity contribution in [2.75, 3.05) is 7.11 Å². The number of methoxy groups -OCH3 is 1. The first kappa shape index (κ1) is 13.7. The smallest absolute Gasteiger partial charge is 0.306 e. The van der Waals surface area contributed by atoms with Crippen LogP contribution in [-0.4, -0.2) is 24.3 Å². The van der Waals surface area contributed by atoms with Gasteiger partial charge in [0.1, 0.15) is 0 Å². The maximum atomic E-state index is 10.9. The molecule has 19 heavy (non-hydrogen) atoms. The van der Waals surface area contributed by atoms with Gasteiger partial charge < -0.3 is 14.6 Å². The van der Waals surface area contributed by atoms with Gasteiger partial charge in [0, 0.05) is 0 Å². The molecule has 4 heteroatoms. The Bertz CT molecular complexity index is 451. The van der Waals surface area contributed by atoms with Gasteiger partial charge in [0.2, 0.25) is 0 Å². The van der Waals surface area contributed by atoms with Crippen molar-refractivity contribution in [3.05, 3.63) is 23.8 Å². The van der Waals surface area contributed by atoms with E-state index in [9.17, 15) is 4.79 Å². The van der Waals surface area contributed by atoms with Crippen molar-refractivity contribution in [3.63, 3.8) is 0 Å². The number of carbonyl (C=O) groups is 1. The third-order valence-corrected chi connectivity index (χ3v) is 3.54. The Kier molecular flexibility index (Phi) is 4.30. The largest absolute Gasteiger partial charge is 0.493 e. The first-order valence-electron chi connectivity index (χ1n) is 6.66. The summed E-state index contributed by atoms with van der Waals surface area (Å²) in [6.45, 7) is 1.71. The highest BCUT2D eigenvalue weighted by molar-refractivity contribution is 5.70. The second-order valence-corrected chi connectivity index (χ2v) is 5.10. The highest BCUT2D eigenvalue weighted by Crippen LogP contribution is 2.33. The van der Waals surface area contributed by atoms with Gasteiger partial charge in [0.05, 0.1) is 19.1 Å². The summed E-state index contributed by atoms with van der Waals surface area (Å²) in [6, 6.07) is 5.64. The summed E-state index contributed by atoms with van der Waals surface area (Å²) >= 11 is 0. The minimum Gasteiger partial charge on any atom is -0.493 e. The van der Waals surface area contributed by atoms with Gasteiger partial charge in [-0.05, 0) is 43.4 Å². The lowest BCUT2D eigenvalue weighted by Gasteiger charge is -2.27. The fourth-order valence-electron chi connectivity index (χ4n) is 2.05. The van der Waals surface area contributed by atoms with Gasteiger partial charge >= 0.3 is 5.97 Å². The van der Waals surface area contributed by atoms with Crippen molar-refractivity contribution in [1.29, 1.82) is 0 Å². The van der Waals surface area contributed by atoms with Gasteiger partial charge in [0.15, 0.2) is 11.5 Å². The quantitative estimate of drug-likeness (QED) is 0.858. The number of carboxylic acid groups (broad SMARTS) is 1. The Morgan fingerprint density at radius 3 is 2.68 bits per heavy atom. The van der Waals surface area contributed by atoms with E-state index in [0.29, 0.717) is 12.2 Å². The topological polar surface area (TPSA) is 55.8 Å². The molecule has 0 amide bonds. The summed E-state index contributed by atoms with van der Waals surface area (Å²) in [7, 11) is 1.61. The highest BCUT2D eigenvalue weighted by atomic mass is 16.5. The van der Waals surface area contributed by atoms with Crippen LogP contribution < -0.4 is 9.47 Å². The summed E-state index contributed by atoms with van der Waals surface area (Å²) < 4.78 is 11.2. The first-order valence-corrected chi connectivity index (χ1v) is 6.66. The maximum absolute atomic E-state index is 10.9. The lowest BCUT2D eigenvalue weighted by atomic mass is 9.96. The van der Waals surface area contributed by atoms with Crippen LogP contribution in [0, 0.1) is 5.92 Å². The number of aliphatic carboxylic acids is 1. The van der Waals surface area contributed by atoms with E-state index in [2.05, 4.69) is 0 Å². The molecule has 0 spiro atoms. The second kappa shape index (κ2) is 5.95. The molecule has 0 saturated heterocycles. The van der Waals surface area contributed by atoms with Gasteiger partial charge in [-0.1, -0.05) is 13.0 Å². The van der Waals surface area contributed by atoms with Crippen LogP contribution >= 0.6 is 0 Å². The number of carboxylic acids is 1.